The first-order chi connectivity index (χ1) is 10.3. The van der Waals surface area contributed by atoms with E-state index in [1.165, 1.54) is 12.0 Å². The van der Waals surface area contributed by atoms with Crippen molar-refractivity contribution in [3.8, 4) is 11.3 Å². The standard InChI is InChI=1S/C16H19N3OS/c1-2-3-8-17-16-19-14(10-21-16)12-4-6-13-11(9-12)5-7-15(20)18-13/h4,6,9-10H,2-3,5,7-8H2,1H3,(H,17,19)(H,18,20). The highest BCUT2D eigenvalue weighted by Crippen LogP contribution is 2.30. The van der Waals surface area contributed by atoms with E-state index in [1.807, 2.05) is 12.1 Å². The number of carbonyl (C=O) groups excluding carboxylic acids is 1. The summed E-state index contributed by atoms with van der Waals surface area (Å²) in [4.78, 5) is 16.0. The zero-order valence-corrected chi connectivity index (χ0v) is 12.9. The molecule has 0 unspecified atom stereocenters. The molecule has 0 saturated heterocycles. The Morgan fingerprint density at radius 2 is 2.29 bits per heavy atom. The Labute approximate surface area is 128 Å². The van der Waals surface area contributed by atoms with Crippen LogP contribution < -0.4 is 10.6 Å². The maximum absolute atomic E-state index is 11.4. The summed E-state index contributed by atoms with van der Waals surface area (Å²) in [5, 5.41) is 9.32. The summed E-state index contributed by atoms with van der Waals surface area (Å²) in [6.45, 7) is 3.15. The van der Waals surface area contributed by atoms with Gasteiger partial charge in [0.2, 0.25) is 5.91 Å². The molecule has 2 N–H and O–H groups in total. The average Bonchev–Trinajstić information content (AvgIpc) is 2.96. The Morgan fingerprint density at radius 1 is 1.38 bits per heavy atom. The molecule has 1 aromatic carbocycles. The molecule has 0 atom stereocenters. The molecule has 0 spiro atoms. The minimum Gasteiger partial charge on any atom is -0.362 e. The normalized spacial score (nSPS) is 13.7. The van der Waals surface area contributed by atoms with E-state index in [0.29, 0.717) is 6.42 Å². The van der Waals surface area contributed by atoms with E-state index in [9.17, 15) is 4.79 Å². The van der Waals surface area contributed by atoms with Crippen molar-refractivity contribution in [1.29, 1.82) is 0 Å². The van der Waals surface area contributed by atoms with Crippen molar-refractivity contribution in [1.82, 2.24) is 4.98 Å². The van der Waals surface area contributed by atoms with Crippen LogP contribution in [-0.2, 0) is 11.2 Å². The Kier molecular flexibility index (Phi) is 4.20. The van der Waals surface area contributed by atoms with Crippen LogP contribution in [0.3, 0.4) is 0 Å². The zero-order chi connectivity index (χ0) is 14.7. The van der Waals surface area contributed by atoms with Gasteiger partial charge in [-0.2, -0.15) is 0 Å². The molecule has 1 amide bonds. The van der Waals surface area contributed by atoms with Gasteiger partial charge in [-0.15, -0.1) is 11.3 Å². The van der Waals surface area contributed by atoms with Crippen molar-refractivity contribution >= 4 is 28.1 Å². The first-order valence-corrected chi connectivity index (χ1v) is 8.27. The highest BCUT2D eigenvalue weighted by Gasteiger charge is 2.15. The van der Waals surface area contributed by atoms with E-state index in [0.717, 1.165) is 41.5 Å². The molecule has 0 saturated carbocycles. The smallest absolute Gasteiger partial charge is 0.224 e. The van der Waals surface area contributed by atoms with Crippen molar-refractivity contribution in [2.45, 2.75) is 32.6 Å². The summed E-state index contributed by atoms with van der Waals surface area (Å²) in [6, 6.07) is 6.14. The Bertz CT molecular complexity index is 651. The maximum Gasteiger partial charge on any atom is 0.224 e. The van der Waals surface area contributed by atoms with Crippen molar-refractivity contribution in [3.05, 3.63) is 29.1 Å². The van der Waals surface area contributed by atoms with Gasteiger partial charge < -0.3 is 10.6 Å². The molecule has 5 heteroatoms. The minimum absolute atomic E-state index is 0.103. The number of fused-ring (bicyclic) bond motifs is 1. The van der Waals surface area contributed by atoms with Gasteiger partial charge in [-0.3, -0.25) is 4.79 Å². The number of unbranched alkanes of at least 4 members (excludes halogenated alkanes) is 1. The molecular formula is C16H19N3OS. The maximum atomic E-state index is 11.4. The van der Waals surface area contributed by atoms with Crippen LogP contribution in [-0.4, -0.2) is 17.4 Å². The third-order valence-corrected chi connectivity index (χ3v) is 4.41. The number of hydrogen-bond donors (Lipinski definition) is 2. The number of aromatic nitrogens is 1. The fourth-order valence-corrected chi connectivity index (χ4v) is 3.15. The summed E-state index contributed by atoms with van der Waals surface area (Å²) in [5.74, 6) is 0.103. The quantitative estimate of drug-likeness (QED) is 0.823. The van der Waals surface area contributed by atoms with Crippen LogP contribution >= 0.6 is 11.3 Å². The number of carbonyl (C=O) groups is 1. The molecule has 4 nitrogen and oxygen atoms in total. The summed E-state index contributed by atoms with van der Waals surface area (Å²) in [6.07, 6.45) is 3.72. The van der Waals surface area contributed by atoms with Gasteiger partial charge in [0.25, 0.3) is 0 Å². The number of anilines is 2. The Morgan fingerprint density at radius 3 is 3.14 bits per heavy atom. The van der Waals surface area contributed by atoms with Gasteiger partial charge in [-0.05, 0) is 30.5 Å². The topological polar surface area (TPSA) is 54.0 Å². The third-order valence-electron chi connectivity index (χ3n) is 3.61. The fourth-order valence-electron chi connectivity index (χ4n) is 2.40. The van der Waals surface area contributed by atoms with E-state index in [1.54, 1.807) is 11.3 Å². The molecule has 0 fully saturated rings. The van der Waals surface area contributed by atoms with E-state index >= 15 is 0 Å². The van der Waals surface area contributed by atoms with E-state index in [-0.39, 0.29) is 5.91 Å². The monoisotopic (exact) mass is 301 g/mol. The van der Waals surface area contributed by atoms with Gasteiger partial charge >= 0.3 is 0 Å². The number of nitrogens with one attached hydrogen (secondary N) is 2. The minimum atomic E-state index is 0.103. The number of nitrogens with zero attached hydrogens (tertiary/aromatic N) is 1. The van der Waals surface area contributed by atoms with Crippen molar-refractivity contribution in [2.75, 3.05) is 17.2 Å². The largest absolute Gasteiger partial charge is 0.362 e. The van der Waals surface area contributed by atoms with Crippen LogP contribution in [0.4, 0.5) is 10.8 Å². The second kappa shape index (κ2) is 6.26. The van der Waals surface area contributed by atoms with Crippen LogP contribution in [0.5, 0.6) is 0 Å². The van der Waals surface area contributed by atoms with Crippen LogP contribution in [0.15, 0.2) is 23.6 Å². The molecule has 2 aromatic rings. The van der Waals surface area contributed by atoms with Crippen LogP contribution in [0.1, 0.15) is 31.7 Å². The highest BCUT2D eigenvalue weighted by atomic mass is 32.1. The molecule has 0 bridgehead atoms. The van der Waals surface area contributed by atoms with Crippen molar-refractivity contribution in [2.24, 2.45) is 0 Å². The summed E-state index contributed by atoms with van der Waals surface area (Å²) < 4.78 is 0. The molecule has 0 aliphatic carbocycles. The van der Waals surface area contributed by atoms with E-state index < -0.39 is 0 Å². The predicted octanol–water partition coefficient (Wildman–Crippen LogP) is 3.91. The van der Waals surface area contributed by atoms with E-state index in [2.05, 4.69) is 34.0 Å². The Hall–Kier alpha value is -1.88. The lowest BCUT2D eigenvalue weighted by atomic mass is 9.99. The van der Waals surface area contributed by atoms with Crippen LogP contribution in [0, 0.1) is 0 Å². The fraction of sp³-hybridized carbons (Fsp3) is 0.375. The molecule has 1 aromatic heterocycles. The molecule has 1 aliphatic rings. The lowest BCUT2D eigenvalue weighted by molar-refractivity contribution is -0.116. The molecule has 2 heterocycles. The van der Waals surface area contributed by atoms with Gasteiger partial charge in [-0.25, -0.2) is 4.98 Å². The predicted molar refractivity (Wildman–Crippen MR) is 87.9 cm³/mol. The average molecular weight is 301 g/mol. The van der Waals surface area contributed by atoms with Gasteiger partial charge in [0, 0.05) is 29.6 Å². The number of benzene rings is 1. The van der Waals surface area contributed by atoms with Crippen LogP contribution in [0.2, 0.25) is 0 Å². The number of aryl methyl sites for hydroxylation is 1. The van der Waals surface area contributed by atoms with Gasteiger partial charge in [0.1, 0.15) is 0 Å². The second-order valence-electron chi connectivity index (χ2n) is 5.24. The van der Waals surface area contributed by atoms with Gasteiger partial charge in [0.05, 0.1) is 5.69 Å². The molecule has 21 heavy (non-hydrogen) atoms. The third kappa shape index (κ3) is 3.24. The summed E-state index contributed by atoms with van der Waals surface area (Å²) in [7, 11) is 0. The van der Waals surface area contributed by atoms with Crippen molar-refractivity contribution in [3.63, 3.8) is 0 Å². The second-order valence-corrected chi connectivity index (χ2v) is 6.10. The molecule has 1 aliphatic heterocycles. The van der Waals surface area contributed by atoms with E-state index in [4.69, 9.17) is 0 Å². The molecule has 0 radical (unpaired) electrons. The first kappa shape index (κ1) is 14.1. The zero-order valence-electron chi connectivity index (χ0n) is 12.1. The first-order valence-electron chi connectivity index (χ1n) is 7.39. The number of hydrogen-bond acceptors (Lipinski definition) is 4. The lowest BCUT2D eigenvalue weighted by Crippen LogP contribution is -2.18. The Balaban J connectivity index is 1.76. The summed E-state index contributed by atoms with van der Waals surface area (Å²) >= 11 is 1.64. The number of amides is 1. The lowest BCUT2D eigenvalue weighted by Gasteiger charge is -2.17. The SMILES string of the molecule is CCCCNc1nc(-c2ccc3c(c2)CCC(=O)N3)cs1. The van der Waals surface area contributed by atoms with Crippen LogP contribution in [0.25, 0.3) is 11.3 Å². The van der Waals surface area contributed by atoms with Crippen molar-refractivity contribution < 1.29 is 4.79 Å². The number of rotatable bonds is 5. The summed E-state index contributed by atoms with van der Waals surface area (Å²) in [5.41, 5.74) is 4.25. The molecule has 110 valence electrons. The highest BCUT2D eigenvalue weighted by molar-refractivity contribution is 7.14. The number of thiazole rings is 1. The molecular weight excluding hydrogens is 282 g/mol. The van der Waals surface area contributed by atoms with Gasteiger partial charge in [0.15, 0.2) is 5.13 Å². The van der Waals surface area contributed by atoms with Gasteiger partial charge in [-0.1, -0.05) is 19.4 Å². The molecule has 3 rings (SSSR count).